The molecule has 1 N–H and O–H groups in total. The van der Waals surface area contributed by atoms with Crippen molar-refractivity contribution >= 4 is 0 Å². The molecule has 0 heterocycles. The minimum absolute atomic E-state index is 0.504. The molecule has 1 fully saturated rings. The quantitative estimate of drug-likeness (QED) is 0.729. The van der Waals surface area contributed by atoms with E-state index in [1.165, 1.54) is 38.5 Å². The predicted molar refractivity (Wildman–Crippen MR) is 77.3 cm³/mol. The summed E-state index contributed by atoms with van der Waals surface area (Å²) in [7, 11) is 0. The van der Waals surface area contributed by atoms with E-state index in [0.29, 0.717) is 16.9 Å². The van der Waals surface area contributed by atoms with Gasteiger partial charge in [-0.05, 0) is 43.4 Å². The van der Waals surface area contributed by atoms with E-state index in [1.807, 2.05) is 0 Å². The van der Waals surface area contributed by atoms with Crippen LogP contribution in [0.15, 0.2) is 0 Å². The van der Waals surface area contributed by atoms with Crippen molar-refractivity contribution in [3.63, 3.8) is 0 Å². The zero-order chi connectivity index (χ0) is 13.1. The Morgan fingerprint density at radius 2 is 1.65 bits per heavy atom. The lowest BCUT2D eigenvalue weighted by Gasteiger charge is -2.46. The van der Waals surface area contributed by atoms with E-state index in [9.17, 15) is 0 Å². The molecular formula is C16H33N. The molecular weight excluding hydrogens is 206 g/mol. The topological polar surface area (TPSA) is 12.0 Å². The zero-order valence-corrected chi connectivity index (χ0v) is 12.9. The van der Waals surface area contributed by atoms with Gasteiger partial charge in [0.05, 0.1) is 0 Å². The van der Waals surface area contributed by atoms with Crippen molar-refractivity contribution in [3.05, 3.63) is 0 Å². The van der Waals surface area contributed by atoms with Gasteiger partial charge in [-0.15, -0.1) is 0 Å². The van der Waals surface area contributed by atoms with E-state index in [4.69, 9.17) is 0 Å². The second-order valence-corrected chi connectivity index (χ2v) is 7.82. The molecule has 0 radical (unpaired) electrons. The second kappa shape index (κ2) is 5.73. The molecule has 0 aliphatic heterocycles. The molecule has 0 bridgehead atoms. The van der Waals surface area contributed by atoms with Crippen molar-refractivity contribution < 1.29 is 0 Å². The van der Waals surface area contributed by atoms with Gasteiger partial charge in [0.2, 0.25) is 0 Å². The fraction of sp³-hybridized carbons (Fsp3) is 1.00. The molecule has 1 nitrogen and oxygen atoms in total. The first-order valence-electron chi connectivity index (χ1n) is 7.50. The Morgan fingerprint density at radius 3 is 2.12 bits per heavy atom. The van der Waals surface area contributed by atoms with Crippen LogP contribution in [0.25, 0.3) is 0 Å². The molecule has 1 aliphatic rings. The fourth-order valence-corrected chi connectivity index (χ4v) is 3.96. The average molecular weight is 239 g/mol. The van der Waals surface area contributed by atoms with Gasteiger partial charge in [-0.1, -0.05) is 47.5 Å². The third-order valence-electron chi connectivity index (χ3n) is 4.07. The van der Waals surface area contributed by atoms with Crippen molar-refractivity contribution in [1.29, 1.82) is 0 Å². The molecule has 0 saturated heterocycles. The molecule has 17 heavy (non-hydrogen) atoms. The molecule has 0 aromatic rings. The summed E-state index contributed by atoms with van der Waals surface area (Å²) in [6, 6.07) is 1.41. The van der Waals surface area contributed by atoms with Crippen molar-refractivity contribution in [1.82, 2.24) is 5.32 Å². The van der Waals surface area contributed by atoms with Gasteiger partial charge in [0.25, 0.3) is 0 Å². The summed E-state index contributed by atoms with van der Waals surface area (Å²) in [6.07, 6.45) is 8.04. The lowest BCUT2D eigenvalue weighted by molar-refractivity contribution is 0.0805. The molecule has 1 saturated carbocycles. The standard InChI is InChI=1S/C16H33N/c1-7-8-9-13(2)17-14-10-15(3,4)12-16(5,6)11-14/h13-14,17H,7-12H2,1-6H3. The highest BCUT2D eigenvalue weighted by molar-refractivity contribution is 4.92. The van der Waals surface area contributed by atoms with Gasteiger partial charge in [0.15, 0.2) is 0 Å². The minimum Gasteiger partial charge on any atom is -0.311 e. The molecule has 102 valence electrons. The summed E-state index contributed by atoms with van der Waals surface area (Å²) in [5, 5.41) is 3.86. The maximum absolute atomic E-state index is 3.86. The molecule has 1 unspecified atom stereocenters. The Balaban J connectivity index is 2.47. The predicted octanol–water partition coefficient (Wildman–Crippen LogP) is 4.76. The highest BCUT2D eigenvalue weighted by atomic mass is 14.9. The van der Waals surface area contributed by atoms with Gasteiger partial charge in [0, 0.05) is 12.1 Å². The van der Waals surface area contributed by atoms with Crippen LogP contribution >= 0.6 is 0 Å². The number of nitrogens with one attached hydrogen (secondary N) is 1. The van der Waals surface area contributed by atoms with Crippen LogP contribution in [0, 0.1) is 10.8 Å². The third kappa shape index (κ3) is 5.42. The summed E-state index contributed by atoms with van der Waals surface area (Å²) in [6.45, 7) is 14.3. The van der Waals surface area contributed by atoms with Crippen LogP contribution in [0.2, 0.25) is 0 Å². The van der Waals surface area contributed by atoms with Crippen LogP contribution in [0.1, 0.15) is 80.1 Å². The lowest BCUT2D eigenvalue weighted by Crippen LogP contribution is -2.46. The number of hydrogen-bond acceptors (Lipinski definition) is 1. The SMILES string of the molecule is CCCCC(C)NC1CC(C)(C)CC(C)(C)C1. The van der Waals surface area contributed by atoms with Gasteiger partial charge >= 0.3 is 0 Å². The van der Waals surface area contributed by atoms with Crippen LogP contribution in [-0.2, 0) is 0 Å². The van der Waals surface area contributed by atoms with Crippen LogP contribution < -0.4 is 5.32 Å². The Labute approximate surface area is 109 Å². The molecule has 0 aromatic heterocycles. The van der Waals surface area contributed by atoms with E-state index in [2.05, 4.69) is 46.9 Å². The maximum Gasteiger partial charge on any atom is 0.00797 e. The fourth-order valence-electron chi connectivity index (χ4n) is 3.96. The first-order valence-corrected chi connectivity index (χ1v) is 7.50. The molecule has 0 aromatic carbocycles. The second-order valence-electron chi connectivity index (χ2n) is 7.82. The summed E-state index contributed by atoms with van der Waals surface area (Å²) in [5.41, 5.74) is 1.01. The van der Waals surface area contributed by atoms with Crippen molar-refractivity contribution in [2.24, 2.45) is 10.8 Å². The maximum atomic E-state index is 3.86. The molecule has 0 amide bonds. The van der Waals surface area contributed by atoms with Crippen molar-refractivity contribution in [2.75, 3.05) is 0 Å². The van der Waals surface area contributed by atoms with E-state index in [0.717, 1.165) is 6.04 Å². The van der Waals surface area contributed by atoms with E-state index >= 15 is 0 Å². The Hall–Kier alpha value is -0.0400. The highest BCUT2D eigenvalue weighted by Crippen LogP contribution is 2.45. The normalized spacial score (nSPS) is 25.8. The van der Waals surface area contributed by atoms with Gasteiger partial charge in [-0.25, -0.2) is 0 Å². The van der Waals surface area contributed by atoms with E-state index in [-0.39, 0.29) is 0 Å². The van der Waals surface area contributed by atoms with Crippen molar-refractivity contribution in [3.8, 4) is 0 Å². The van der Waals surface area contributed by atoms with Gasteiger partial charge in [-0.2, -0.15) is 0 Å². The van der Waals surface area contributed by atoms with Crippen LogP contribution in [0.4, 0.5) is 0 Å². The summed E-state index contributed by atoms with van der Waals surface area (Å²) in [5.74, 6) is 0. The van der Waals surface area contributed by atoms with E-state index in [1.54, 1.807) is 0 Å². The molecule has 0 spiro atoms. The third-order valence-corrected chi connectivity index (χ3v) is 4.07. The number of unbranched alkanes of at least 4 members (excludes halogenated alkanes) is 1. The summed E-state index contributed by atoms with van der Waals surface area (Å²) >= 11 is 0. The lowest BCUT2D eigenvalue weighted by atomic mass is 9.63. The average Bonchev–Trinajstić information content (AvgIpc) is 2.09. The molecule has 1 aliphatic carbocycles. The smallest absolute Gasteiger partial charge is 0.00797 e. The molecule has 1 heteroatoms. The highest BCUT2D eigenvalue weighted by Gasteiger charge is 2.38. The van der Waals surface area contributed by atoms with Crippen molar-refractivity contribution in [2.45, 2.75) is 92.2 Å². The number of hydrogen-bond donors (Lipinski definition) is 1. The van der Waals surface area contributed by atoms with E-state index < -0.39 is 0 Å². The van der Waals surface area contributed by atoms with Crippen LogP contribution in [0.3, 0.4) is 0 Å². The summed E-state index contributed by atoms with van der Waals surface area (Å²) in [4.78, 5) is 0. The Bertz CT molecular complexity index is 214. The molecule has 1 rings (SSSR count). The Morgan fingerprint density at radius 1 is 1.12 bits per heavy atom. The largest absolute Gasteiger partial charge is 0.311 e. The van der Waals surface area contributed by atoms with Gasteiger partial charge in [0.1, 0.15) is 0 Å². The monoisotopic (exact) mass is 239 g/mol. The van der Waals surface area contributed by atoms with Gasteiger partial charge in [-0.3, -0.25) is 0 Å². The number of rotatable bonds is 5. The first kappa shape index (κ1) is 15.0. The minimum atomic E-state index is 0.504. The first-order chi connectivity index (χ1) is 7.74. The van der Waals surface area contributed by atoms with Gasteiger partial charge < -0.3 is 5.32 Å². The summed E-state index contributed by atoms with van der Waals surface area (Å²) < 4.78 is 0. The van der Waals surface area contributed by atoms with Crippen LogP contribution in [-0.4, -0.2) is 12.1 Å². The zero-order valence-electron chi connectivity index (χ0n) is 12.9. The molecule has 1 atom stereocenters. The Kier molecular flexibility index (Phi) is 5.07. The van der Waals surface area contributed by atoms with Crippen LogP contribution in [0.5, 0.6) is 0 Å².